The second-order valence-corrected chi connectivity index (χ2v) is 6.67. The van der Waals surface area contributed by atoms with E-state index in [2.05, 4.69) is 0 Å². The van der Waals surface area contributed by atoms with Gasteiger partial charge in [0.15, 0.2) is 9.84 Å². The molecule has 1 saturated heterocycles. The number of para-hydroxylation sites is 1. The predicted octanol–water partition coefficient (Wildman–Crippen LogP) is 0.277. The Balaban J connectivity index is 2.20. The van der Waals surface area contributed by atoms with Crippen molar-refractivity contribution < 1.29 is 23.4 Å². The zero-order valence-corrected chi connectivity index (χ0v) is 10.8. The standard InChI is InChI=1S/C12H16O5S/c1-8(13)9-4-2-3-5-11(9)17-12-7-18(15,16)6-10(12)14/h2-5,8,10,12-14H,6-7H2,1H3. The van der Waals surface area contributed by atoms with E-state index in [9.17, 15) is 18.6 Å². The highest BCUT2D eigenvalue weighted by atomic mass is 32.2. The first-order chi connectivity index (χ1) is 8.39. The molecule has 5 nitrogen and oxygen atoms in total. The van der Waals surface area contributed by atoms with Gasteiger partial charge in [0, 0.05) is 5.56 Å². The number of rotatable bonds is 3. The summed E-state index contributed by atoms with van der Waals surface area (Å²) in [5, 5.41) is 19.2. The number of hydrogen-bond donors (Lipinski definition) is 2. The zero-order valence-electron chi connectivity index (χ0n) is 9.98. The van der Waals surface area contributed by atoms with Crippen LogP contribution in [0.15, 0.2) is 24.3 Å². The molecule has 0 amide bonds. The molecule has 0 aromatic heterocycles. The van der Waals surface area contributed by atoms with Gasteiger partial charge in [0.2, 0.25) is 0 Å². The fourth-order valence-corrected chi connectivity index (χ4v) is 3.67. The molecule has 1 aliphatic rings. The van der Waals surface area contributed by atoms with Crippen molar-refractivity contribution in [2.24, 2.45) is 0 Å². The molecule has 6 heteroatoms. The van der Waals surface area contributed by atoms with Crippen LogP contribution in [-0.4, -0.2) is 42.3 Å². The van der Waals surface area contributed by atoms with Crippen LogP contribution in [0.25, 0.3) is 0 Å². The summed E-state index contributed by atoms with van der Waals surface area (Å²) in [6.45, 7) is 1.60. The van der Waals surface area contributed by atoms with Gasteiger partial charge in [0.1, 0.15) is 18.0 Å². The Labute approximate surface area is 106 Å². The molecule has 0 aliphatic carbocycles. The van der Waals surface area contributed by atoms with Gasteiger partial charge < -0.3 is 14.9 Å². The minimum absolute atomic E-state index is 0.192. The number of sulfone groups is 1. The fraction of sp³-hybridized carbons (Fsp3) is 0.500. The van der Waals surface area contributed by atoms with Crippen LogP contribution in [0, 0.1) is 0 Å². The number of aliphatic hydroxyl groups is 2. The normalized spacial score (nSPS) is 27.9. The molecule has 2 rings (SSSR count). The van der Waals surface area contributed by atoms with Crippen molar-refractivity contribution in [3.05, 3.63) is 29.8 Å². The Morgan fingerprint density at radius 3 is 2.56 bits per heavy atom. The number of ether oxygens (including phenoxy) is 1. The molecule has 2 N–H and O–H groups in total. The lowest BCUT2D eigenvalue weighted by Gasteiger charge is -2.19. The third kappa shape index (κ3) is 2.82. The van der Waals surface area contributed by atoms with Crippen LogP contribution in [0.1, 0.15) is 18.6 Å². The average molecular weight is 272 g/mol. The van der Waals surface area contributed by atoms with Crippen LogP contribution in [0.3, 0.4) is 0 Å². The van der Waals surface area contributed by atoms with Crippen molar-refractivity contribution in [2.45, 2.75) is 25.2 Å². The SMILES string of the molecule is CC(O)c1ccccc1OC1CS(=O)(=O)CC1O. The summed E-state index contributed by atoms with van der Waals surface area (Å²) < 4.78 is 28.3. The molecule has 100 valence electrons. The van der Waals surface area contributed by atoms with Gasteiger partial charge in [-0.1, -0.05) is 18.2 Å². The van der Waals surface area contributed by atoms with E-state index in [0.29, 0.717) is 11.3 Å². The summed E-state index contributed by atoms with van der Waals surface area (Å²) in [6.07, 6.45) is -2.50. The van der Waals surface area contributed by atoms with Gasteiger partial charge in [-0.15, -0.1) is 0 Å². The first kappa shape index (κ1) is 13.3. The molecule has 18 heavy (non-hydrogen) atoms. The fourth-order valence-electron chi connectivity index (χ4n) is 2.01. The maximum absolute atomic E-state index is 11.4. The lowest BCUT2D eigenvalue weighted by molar-refractivity contribution is 0.0707. The Morgan fingerprint density at radius 2 is 2.00 bits per heavy atom. The summed E-state index contributed by atoms with van der Waals surface area (Å²) in [7, 11) is -3.24. The van der Waals surface area contributed by atoms with Gasteiger partial charge in [-0.3, -0.25) is 0 Å². The van der Waals surface area contributed by atoms with E-state index in [4.69, 9.17) is 4.74 Å². The zero-order chi connectivity index (χ0) is 13.3. The van der Waals surface area contributed by atoms with E-state index in [1.807, 2.05) is 0 Å². The van der Waals surface area contributed by atoms with Crippen molar-refractivity contribution in [3.63, 3.8) is 0 Å². The highest BCUT2D eigenvalue weighted by molar-refractivity contribution is 7.91. The lowest BCUT2D eigenvalue weighted by Crippen LogP contribution is -2.30. The van der Waals surface area contributed by atoms with Crippen LogP contribution in [0.4, 0.5) is 0 Å². The molecule has 1 aromatic carbocycles. The van der Waals surface area contributed by atoms with Gasteiger partial charge in [-0.25, -0.2) is 8.42 Å². The van der Waals surface area contributed by atoms with E-state index in [-0.39, 0.29) is 11.5 Å². The van der Waals surface area contributed by atoms with E-state index in [1.165, 1.54) is 0 Å². The molecular formula is C12H16O5S. The van der Waals surface area contributed by atoms with Gasteiger partial charge in [-0.2, -0.15) is 0 Å². The van der Waals surface area contributed by atoms with E-state index in [0.717, 1.165) is 0 Å². The highest BCUT2D eigenvalue weighted by Gasteiger charge is 2.38. The maximum Gasteiger partial charge on any atom is 0.156 e. The van der Waals surface area contributed by atoms with Gasteiger partial charge in [0.05, 0.1) is 17.6 Å². The summed E-state index contributed by atoms with van der Waals surface area (Å²) in [5.41, 5.74) is 0.578. The van der Waals surface area contributed by atoms with Crippen LogP contribution in [-0.2, 0) is 9.84 Å². The number of benzene rings is 1. The van der Waals surface area contributed by atoms with Gasteiger partial charge >= 0.3 is 0 Å². The average Bonchev–Trinajstić information content (AvgIpc) is 2.52. The van der Waals surface area contributed by atoms with Crippen molar-refractivity contribution in [1.29, 1.82) is 0 Å². The molecule has 1 fully saturated rings. The van der Waals surface area contributed by atoms with Crippen LogP contribution >= 0.6 is 0 Å². The first-order valence-electron chi connectivity index (χ1n) is 5.71. The van der Waals surface area contributed by atoms with Gasteiger partial charge in [0.25, 0.3) is 0 Å². The number of hydrogen-bond acceptors (Lipinski definition) is 5. The summed E-state index contributed by atoms with van der Waals surface area (Å²) in [6, 6.07) is 6.85. The molecular weight excluding hydrogens is 256 g/mol. The predicted molar refractivity (Wildman–Crippen MR) is 66.2 cm³/mol. The third-order valence-electron chi connectivity index (χ3n) is 2.92. The van der Waals surface area contributed by atoms with Crippen LogP contribution in [0.2, 0.25) is 0 Å². The van der Waals surface area contributed by atoms with Crippen molar-refractivity contribution in [1.82, 2.24) is 0 Å². The molecule has 0 bridgehead atoms. The Morgan fingerprint density at radius 1 is 1.33 bits per heavy atom. The first-order valence-corrected chi connectivity index (χ1v) is 7.53. The second kappa shape index (κ2) is 4.87. The summed E-state index contributed by atoms with van der Waals surface area (Å²) in [4.78, 5) is 0. The summed E-state index contributed by atoms with van der Waals surface area (Å²) in [5.74, 6) is -0.0507. The molecule has 1 aromatic rings. The smallest absolute Gasteiger partial charge is 0.156 e. The van der Waals surface area contributed by atoms with Crippen molar-refractivity contribution in [2.75, 3.05) is 11.5 Å². The largest absolute Gasteiger partial charge is 0.486 e. The molecule has 0 saturated carbocycles. The van der Waals surface area contributed by atoms with Crippen LogP contribution < -0.4 is 4.74 Å². The van der Waals surface area contributed by atoms with E-state index in [1.54, 1.807) is 31.2 Å². The van der Waals surface area contributed by atoms with Crippen molar-refractivity contribution >= 4 is 9.84 Å². The highest BCUT2D eigenvalue weighted by Crippen LogP contribution is 2.27. The lowest BCUT2D eigenvalue weighted by atomic mass is 10.1. The molecule has 0 spiro atoms. The maximum atomic E-state index is 11.4. The molecule has 3 unspecified atom stereocenters. The second-order valence-electron chi connectivity index (χ2n) is 4.51. The van der Waals surface area contributed by atoms with E-state index < -0.39 is 28.1 Å². The molecule has 1 heterocycles. The minimum atomic E-state index is -3.24. The Bertz CT molecular complexity index is 523. The molecule has 1 aliphatic heterocycles. The number of aliphatic hydroxyl groups excluding tert-OH is 2. The van der Waals surface area contributed by atoms with E-state index >= 15 is 0 Å². The summed E-state index contributed by atoms with van der Waals surface area (Å²) >= 11 is 0. The van der Waals surface area contributed by atoms with Crippen LogP contribution in [0.5, 0.6) is 5.75 Å². The quantitative estimate of drug-likeness (QED) is 0.825. The molecule has 0 radical (unpaired) electrons. The molecule has 3 atom stereocenters. The third-order valence-corrected chi connectivity index (χ3v) is 4.61. The topological polar surface area (TPSA) is 83.8 Å². The Hall–Kier alpha value is -1.11. The van der Waals surface area contributed by atoms with Gasteiger partial charge in [-0.05, 0) is 13.0 Å². The minimum Gasteiger partial charge on any atom is -0.486 e. The monoisotopic (exact) mass is 272 g/mol. The van der Waals surface area contributed by atoms with Crippen molar-refractivity contribution in [3.8, 4) is 5.75 Å². The Kier molecular flexibility index (Phi) is 3.61.